The normalized spacial score (nSPS) is 39.0. The molecule has 0 bridgehead atoms. The number of nitrogens with one attached hydrogen (secondary N) is 1. The van der Waals surface area contributed by atoms with Crippen molar-refractivity contribution in [2.75, 3.05) is 13.1 Å². The van der Waals surface area contributed by atoms with E-state index in [1.807, 2.05) is 0 Å². The van der Waals surface area contributed by atoms with Gasteiger partial charge in [0.05, 0.1) is 0 Å². The lowest BCUT2D eigenvalue weighted by molar-refractivity contribution is 0.226. The Bertz CT molecular complexity index is 223. The van der Waals surface area contributed by atoms with E-state index in [1.165, 1.54) is 45.1 Å². The summed E-state index contributed by atoms with van der Waals surface area (Å²) < 4.78 is 0. The Balaban J connectivity index is 1.72. The third-order valence-corrected chi connectivity index (χ3v) is 4.26. The van der Waals surface area contributed by atoms with E-state index in [4.69, 9.17) is 5.73 Å². The zero-order valence-electron chi connectivity index (χ0n) is 10.3. The fourth-order valence-corrected chi connectivity index (χ4v) is 2.86. The maximum Gasteiger partial charge on any atom is 0.0283 e. The van der Waals surface area contributed by atoms with Crippen molar-refractivity contribution in [3.05, 3.63) is 0 Å². The van der Waals surface area contributed by atoms with Crippen molar-refractivity contribution in [2.24, 2.45) is 17.1 Å². The Kier molecular flexibility index (Phi) is 3.09. The predicted octanol–water partition coefficient (Wildman–Crippen LogP) is 2.28. The second-order valence-corrected chi connectivity index (χ2v) is 6.48. The van der Waals surface area contributed by atoms with Gasteiger partial charge in [0.15, 0.2) is 0 Å². The number of hydrogen-bond acceptors (Lipinski definition) is 2. The van der Waals surface area contributed by atoms with E-state index in [0.717, 1.165) is 12.5 Å². The summed E-state index contributed by atoms with van der Waals surface area (Å²) in [7, 11) is 0. The Morgan fingerprint density at radius 2 is 2.00 bits per heavy atom. The lowest BCUT2D eigenvalue weighted by Crippen LogP contribution is -2.52. The second kappa shape index (κ2) is 4.06. The summed E-state index contributed by atoms with van der Waals surface area (Å²) in [6.07, 6.45) is 7.90. The molecule has 2 rings (SSSR count). The Morgan fingerprint density at radius 3 is 2.60 bits per heavy atom. The average molecular weight is 210 g/mol. The molecule has 2 saturated carbocycles. The largest absolute Gasteiger partial charge is 0.324 e. The van der Waals surface area contributed by atoms with Crippen molar-refractivity contribution >= 4 is 0 Å². The van der Waals surface area contributed by atoms with Crippen molar-refractivity contribution in [2.45, 2.75) is 57.9 Å². The number of rotatable bonds is 4. The molecule has 2 nitrogen and oxygen atoms in total. The van der Waals surface area contributed by atoms with Crippen LogP contribution in [0.15, 0.2) is 0 Å². The molecule has 2 fully saturated rings. The maximum atomic E-state index is 6.44. The van der Waals surface area contributed by atoms with Gasteiger partial charge in [0.25, 0.3) is 0 Å². The zero-order chi connectivity index (χ0) is 10.9. The smallest absolute Gasteiger partial charge is 0.0283 e. The fraction of sp³-hybridized carbons (Fsp3) is 1.00. The molecule has 0 spiro atoms. The van der Waals surface area contributed by atoms with Gasteiger partial charge >= 0.3 is 0 Å². The second-order valence-electron chi connectivity index (χ2n) is 6.48. The van der Waals surface area contributed by atoms with Crippen LogP contribution in [0.4, 0.5) is 0 Å². The van der Waals surface area contributed by atoms with Gasteiger partial charge in [-0.15, -0.1) is 0 Å². The van der Waals surface area contributed by atoms with Crippen molar-refractivity contribution in [1.82, 2.24) is 5.32 Å². The van der Waals surface area contributed by atoms with E-state index in [2.05, 4.69) is 19.2 Å². The standard InChI is InChI=1S/C13H26N2/c1-11-4-3-5-13(14,8-11)10-15-9-12(2)6-7-12/h11,15H,3-10,14H2,1-2H3. The van der Waals surface area contributed by atoms with Gasteiger partial charge in [0.2, 0.25) is 0 Å². The van der Waals surface area contributed by atoms with Crippen LogP contribution in [0, 0.1) is 11.3 Å². The van der Waals surface area contributed by atoms with Gasteiger partial charge in [-0.25, -0.2) is 0 Å². The molecule has 88 valence electrons. The van der Waals surface area contributed by atoms with Crippen LogP contribution in [-0.2, 0) is 0 Å². The van der Waals surface area contributed by atoms with Crippen LogP contribution in [0.25, 0.3) is 0 Å². The van der Waals surface area contributed by atoms with E-state index in [0.29, 0.717) is 5.41 Å². The Hall–Kier alpha value is -0.0800. The van der Waals surface area contributed by atoms with Crippen molar-refractivity contribution in [3.8, 4) is 0 Å². The quantitative estimate of drug-likeness (QED) is 0.747. The van der Waals surface area contributed by atoms with Gasteiger partial charge in [0, 0.05) is 18.6 Å². The molecule has 0 radical (unpaired) electrons. The molecule has 0 aromatic carbocycles. The molecule has 2 aliphatic rings. The highest BCUT2D eigenvalue weighted by molar-refractivity contribution is 4.95. The first-order valence-electron chi connectivity index (χ1n) is 6.51. The van der Waals surface area contributed by atoms with Crippen LogP contribution in [-0.4, -0.2) is 18.6 Å². The van der Waals surface area contributed by atoms with Gasteiger partial charge in [-0.1, -0.05) is 26.7 Å². The van der Waals surface area contributed by atoms with Gasteiger partial charge < -0.3 is 11.1 Å². The number of nitrogens with two attached hydrogens (primary N) is 1. The van der Waals surface area contributed by atoms with E-state index in [1.54, 1.807) is 0 Å². The minimum atomic E-state index is 0.0862. The van der Waals surface area contributed by atoms with E-state index < -0.39 is 0 Å². The van der Waals surface area contributed by atoms with Crippen LogP contribution < -0.4 is 11.1 Å². The molecule has 0 aliphatic heterocycles. The summed E-state index contributed by atoms with van der Waals surface area (Å²) in [5.74, 6) is 0.821. The fourth-order valence-electron chi connectivity index (χ4n) is 2.86. The van der Waals surface area contributed by atoms with Gasteiger partial charge in [0.1, 0.15) is 0 Å². The molecule has 0 heterocycles. The van der Waals surface area contributed by atoms with Crippen molar-refractivity contribution in [3.63, 3.8) is 0 Å². The van der Waals surface area contributed by atoms with Gasteiger partial charge in [-0.2, -0.15) is 0 Å². The molecule has 3 N–H and O–H groups in total. The molecule has 15 heavy (non-hydrogen) atoms. The summed E-state index contributed by atoms with van der Waals surface area (Å²) in [4.78, 5) is 0. The first-order valence-corrected chi connectivity index (χ1v) is 6.51. The minimum Gasteiger partial charge on any atom is -0.324 e. The average Bonchev–Trinajstić information content (AvgIpc) is 2.82. The topological polar surface area (TPSA) is 38.0 Å². The van der Waals surface area contributed by atoms with Crippen molar-refractivity contribution < 1.29 is 0 Å². The SMILES string of the molecule is CC1CCCC(N)(CNCC2(C)CC2)C1. The Morgan fingerprint density at radius 1 is 1.27 bits per heavy atom. The predicted molar refractivity (Wildman–Crippen MR) is 64.8 cm³/mol. The molecular weight excluding hydrogens is 184 g/mol. The van der Waals surface area contributed by atoms with Crippen LogP contribution in [0.2, 0.25) is 0 Å². The summed E-state index contributed by atoms with van der Waals surface area (Å²) in [6.45, 7) is 6.89. The monoisotopic (exact) mass is 210 g/mol. The molecule has 0 aromatic rings. The molecule has 2 aliphatic carbocycles. The van der Waals surface area contributed by atoms with Gasteiger partial charge in [-0.05, 0) is 37.0 Å². The molecular formula is C13H26N2. The summed E-state index contributed by atoms with van der Waals surface area (Å²) in [5, 5.41) is 3.59. The highest BCUT2D eigenvalue weighted by atomic mass is 15.0. The van der Waals surface area contributed by atoms with Crippen LogP contribution in [0.3, 0.4) is 0 Å². The maximum absolute atomic E-state index is 6.44. The van der Waals surface area contributed by atoms with E-state index >= 15 is 0 Å². The minimum absolute atomic E-state index is 0.0862. The highest BCUT2D eigenvalue weighted by Gasteiger charge is 2.37. The summed E-state index contributed by atoms with van der Waals surface area (Å²) >= 11 is 0. The lowest BCUT2D eigenvalue weighted by Gasteiger charge is -2.37. The molecule has 2 atom stereocenters. The molecule has 0 aromatic heterocycles. The van der Waals surface area contributed by atoms with E-state index in [9.17, 15) is 0 Å². The first-order chi connectivity index (χ1) is 7.02. The molecule has 2 heteroatoms. The summed E-state index contributed by atoms with van der Waals surface area (Å²) in [6, 6.07) is 0. The molecule has 2 unspecified atom stereocenters. The summed E-state index contributed by atoms with van der Waals surface area (Å²) in [5.41, 5.74) is 7.13. The third kappa shape index (κ3) is 3.18. The first kappa shape index (κ1) is 11.4. The molecule has 0 amide bonds. The van der Waals surface area contributed by atoms with Crippen LogP contribution in [0.5, 0.6) is 0 Å². The third-order valence-electron chi connectivity index (χ3n) is 4.26. The Labute approximate surface area is 94.0 Å². The number of hydrogen-bond donors (Lipinski definition) is 2. The van der Waals surface area contributed by atoms with E-state index in [-0.39, 0.29) is 5.54 Å². The van der Waals surface area contributed by atoms with Crippen molar-refractivity contribution in [1.29, 1.82) is 0 Å². The zero-order valence-corrected chi connectivity index (χ0v) is 10.3. The molecule has 0 saturated heterocycles. The highest BCUT2D eigenvalue weighted by Crippen LogP contribution is 2.44. The lowest BCUT2D eigenvalue weighted by atomic mass is 9.77. The van der Waals surface area contributed by atoms with Gasteiger partial charge in [-0.3, -0.25) is 0 Å². The van der Waals surface area contributed by atoms with Crippen LogP contribution in [0.1, 0.15) is 52.4 Å². The van der Waals surface area contributed by atoms with Crippen LogP contribution >= 0.6 is 0 Å².